The highest BCUT2D eigenvalue weighted by Gasteiger charge is 2.59. The van der Waals surface area contributed by atoms with Crippen LogP contribution in [0.5, 0.6) is 5.75 Å². The van der Waals surface area contributed by atoms with Crippen molar-refractivity contribution >= 4 is 39.0 Å². The molecular weight excluding hydrogens is 522 g/mol. The highest BCUT2D eigenvalue weighted by Crippen LogP contribution is 2.70. The van der Waals surface area contributed by atoms with Crippen molar-refractivity contribution in [2.24, 2.45) is 11.3 Å². The van der Waals surface area contributed by atoms with Gasteiger partial charge in [0.05, 0.1) is 5.69 Å². The molecule has 8 rings (SSSR count). The van der Waals surface area contributed by atoms with Crippen LogP contribution in [0.3, 0.4) is 0 Å². The Morgan fingerprint density at radius 2 is 1.40 bits per heavy atom. The van der Waals surface area contributed by atoms with E-state index in [9.17, 15) is 5.11 Å². The number of allylic oxidation sites excluding steroid dienone is 8. The van der Waals surface area contributed by atoms with E-state index in [2.05, 4.69) is 152 Å². The van der Waals surface area contributed by atoms with E-state index in [4.69, 9.17) is 0 Å². The quantitative estimate of drug-likeness (QED) is 0.233. The van der Waals surface area contributed by atoms with Gasteiger partial charge in [0.15, 0.2) is 0 Å². The molecule has 43 heavy (non-hydrogen) atoms. The van der Waals surface area contributed by atoms with Crippen LogP contribution in [0.4, 0.5) is 17.1 Å². The Balaban J connectivity index is 1.35. The van der Waals surface area contributed by atoms with Crippen LogP contribution >= 0.6 is 0 Å². The Labute approximate surface area is 253 Å². The van der Waals surface area contributed by atoms with Crippen molar-refractivity contribution in [2.75, 3.05) is 4.90 Å². The number of hydrogen-bond donors (Lipinski definition) is 1. The first-order chi connectivity index (χ1) is 21.1. The fourth-order valence-corrected chi connectivity index (χ4v) is 7.46. The third-order valence-corrected chi connectivity index (χ3v) is 9.61. The molecule has 0 bridgehead atoms. The number of aryl methyl sites for hydroxylation is 2. The SMILES string of the molecule is Cc1ccccc1N(c1ccccc1C)c1ccc(O)c2c(C3=CC=CC4=C(c5ccccc5)C=CC5CC345)cccc12. The first-order valence-electron chi connectivity index (χ1n) is 15.1. The Morgan fingerprint density at radius 1 is 0.698 bits per heavy atom. The van der Waals surface area contributed by atoms with Gasteiger partial charge >= 0.3 is 0 Å². The number of phenolic OH excluding ortho intramolecular Hbond substituents is 1. The molecule has 0 aromatic heterocycles. The van der Waals surface area contributed by atoms with E-state index in [0.29, 0.717) is 11.7 Å². The van der Waals surface area contributed by atoms with E-state index in [1.807, 2.05) is 6.07 Å². The summed E-state index contributed by atoms with van der Waals surface area (Å²) in [7, 11) is 0. The summed E-state index contributed by atoms with van der Waals surface area (Å²) in [5, 5.41) is 13.5. The molecule has 5 aromatic rings. The van der Waals surface area contributed by atoms with Crippen LogP contribution in [0.1, 0.15) is 28.7 Å². The average molecular weight is 556 g/mol. The van der Waals surface area contributed by atoms with Gasteiger partial charge in [0.1, 0.15) is 5.75 Å². The number of nitrogens with zero attached hydrogens (tertiary/aromatic N) is 1. The second kappa shape index (κ2) is 9.74. The highest BCUT2D eigenvalue weighted by molar-refractivity contribution is 6.09. The molecule has 1 N–H and O–H groups in total. The van der Waals surface area contributed by atoms with Gasteiger partial charge in [0.2, 0.25) is 0 Å². The van der Waals surface area contributed by atoms with Crippen LogP contribution < -0.4 is 4.90 Å². The molecule has 0 amide bonds. The smallest absolute Gasteiger partial charge is 0.124 e. The lowest BCUT2D eigenvalue weighted by Crippen LogP contribution is -2.16. The second-order valence-corrected chi connectivity index (χ2v) is 12.0. The van der Waals surface area contributed by atoms with Crippen molar-refractivity contribution in [2.45, 2.75) is 20.3 Å². The fraction of sp³-hybridized carbons (Fsp3) is 0.122. The predicted molar refractivity (Wildman–Crippen MR) is 180 cm³/mol. The summed E-state index contributed by atoms with van der Waals surface area (Å²) in [4.78, 5) is 2.35. The molecule has 1 spiro atoms. The first kappa shape index (κ1) is 25.6. The Hall–Kier alpha value is -5.08. The van der Waals surface area contributed by atoms with E-state index < -0.39 is 0 Å². The molecule has 0 radical (unpaired) electrons. The zero-order valence-corrected chi connectivity index (χ0v) is 24.5. The van der Waals surface area contributed by atoms with Crippen LogP contribution in [-0.2, 0) is 0 Å². The summed E-state index contributed by atoms with van der Waals surface area (Å²) in [5.74, 6) is 0.773. The van der Waals surface area contributed by atoms with Gasteiger partial charge in [-0.05, 0) is 89.4 Å². The number of benzene rings is 5. The van der Waals surface area contributed by atoms with Crippen molar-refractivity contribution < 1.29 is 5.11 Å². The third kappa shape index (κ3) is 3.87. The lowest BCUT2D eigenvalue weighted by Gasteiger charge is -2.32. The summed E-state index contributed by atoms with van der Waals surface area (Å²) in [5.41, 5.74) is 12.0. The molecule has 208 valence electrons. The number of rotatable bonds is 5. The lowest BCUT2D eigenvalue weighted by atomic mass is 9.72. The largest absolute Gasteiger partial charge is 0.507 e. The van der Waals surface area contributed by atoms with Crippen LogP contribution in [0.25, 0.3) is 21.9 Å². The highest BCUT2D eigenvalue weighted by atomic mass is 16.3. The van der Waals surface area contributed by atoms with Crippen molar-refractivity contribution in [1.82, 2.24) is 0 Å². The Kier molecular flexibility index (Phi) is 5.80. The van der Waals surface area contributed by atoms with E-state index in [1.165, 1.54) is 33.4 Å². The minimum absolute atomic E-state index is 0.0723. The summed E-state index contributed by atoms with van der Waals surface area (Å²) in [6.07, 6.45) is 12.6. The van der Waals surface area contributed by atoms with Gasteiger partial charge in [0, 0.05) is 27.6 Å². The number of para-hydroxylation sites is 2. The van der Waals surface area contributed by atoms with Crippen LogP contribution in [-0.4, -0.2) is 5.11 Å². The van der Waals surface area contributed by atoms with E-state index in [1.54, 1.807) is 0 Å². The number of aromatic hydroxyl groups is 1. The maximum absolute atomic E-state index is 11.6. The zero-order chi connectivity index (χ0) is 29.1. The Morgan fingerprint density at radius 3 is 2.12 bits per heavy atom. The lowest BCUT2D eigenvalue weighted by molar-refractivity contribution is 0.481. The van der Waals surface area contributed by atoms with E-state index in [0.717, 1.165) is 39.8 Å². The maximum Gasteiger partial charge on any atom is 0.124 e. The van der Waals surface area contributed by atoms with Crippen molar-refractivity contribution in [3.63, 3.8) is 0 Å². The summed E-state index contributed by atoms with van der Waals surface area (Å²) >= 11 is 0. The van der Waals surface area contributed by atoms with Gasteiger partial charge in [-0.1, -0.05) is 115 Å². The molecule has 0 heterocycles. The molecule has 0 saturated heterocycles. The molecule has 2 unspecified atom stereocenters. The predicted octanol–water partition coefficient (Wildman–Crippen LogP) is 10.6. The van der Waals surface area contributed by atoms with E-state index >= 15 is 0 Å². The molecule has 2 nitrogen and oxygen atoms in total. The number of anilines is 3. The first-order valence-corrected chi connectivity index (χ1v) is 15.1. The molecule has 3 aliphatic carbocycles. The molecule has 2 heteroatoms. The minimum Gasteiger partial charge on any atom is -0.507 e. The summed E-state index contributed by atoms with van der Waals surface area (Å²) < 4.78 is 0. The second-order valence-electron chi connectivity index (χ2n) is 12.0. The third-order valence-electron chi connectivity index (χ3n) is 9.61. The average Bonchev–Trinajstić information content (AvgIpc) is 3.77. The van der Waals surface area contributed by atoms with E-state index in [-0.39, 0.29) is 5.41 Å². The van der Waals surface area contributed by atoms with Crippen molar-refractivity contribution in [3.05, 3.63) is 167 Å². The van der Waals surface area contributed by atoms with Gasteiger partial charge < -0.3 is 10.0 Å². The van der Waals surface area contributed by atoms with Gasteiger partial charge in [-0.15, -0.1) is 0 Å². The summed E-state index contributed by atoms with van der Waals surface area (Å²) in [6, 6.07) is 38.2. The molecular formula is C41H33NO. The molecule has 0 aliphatic heterocycles. The fourth-order valence-electron chi connectivity index (χ4n) is 7.46. The summed E-state index contributed by atoms with van der Waals surface area (Å²) in [6.45, 7) is 4.32. The topological polar surface area (TPSA) is 23.5 Å². The van der Waals surface area contributed by atoms with Gasteiger partial charge in [-0.3, -0.25) is 0 Å². The molecule has 1 saturated carbocycles. The van der Waals surface area contributed by atoms with Crippen LogP contribution in [0, 0.1) is 25.2 Å². The molecule has 1 fully saturated rings. The van der Waals surface area contributed by atoms with Gasteiger partial charge in [-0.2, -0.15) is 0 Å². The molecule has 5 aromatic carbocycles. The normalized spacial score (nSPS) is 20.0. The Bertz CT molecular complexity index is 2000. The standard InChI is InChI=1S/C41H33NO/c1-27-12-6-8-20-36(27)42(37-21-9-7-13-28(37)2)38-24-25-39(43)40-32(16-10-17-33(38)40)35-19-11-18-34-31(29-14-4-3-5-15-29)23-22-30-26-41(30,34)35/h3-25,30,43H,26H2,1-2H3. The number of phenols is 1. The number of hydrogen-bond acceptors (Lipinski definition) is 2. The molecule has 2 atom stereocenters. The van der Waals surface area contributed by atoms with Gasteiger partial charge in [-0.25, -0.2) is 0 Å². The van der Waals surface area contributed by atoms with Crippen molar-refractivity contribution in [3.8, 4) is 5.75 Å². The van der Waals surface area contributed by atoms with Crippen LogP contribution in [0.15, 0.2) is 145 Å². The van der Waals surface area contributed by atoms with Crippen molar-refractivity contribution in [1.29, 1.82) is 0 Å². The minimum atomic E-state index is -0.0723. The van der Waals surface area contributed by atoms with Gasteiger partial charge in [0.25, 0.3) is 0 Å². The zero-order valence-electron chi connectivity index (χ0n) is 24.5. The maximum atomic E-state index is 11.6. The molecule has 3 aliphatic rings. The number of fused-ring (bicyclic) bond motifs is 1. The van der Waals surface area contributed by atoms with Crippen LogP contribution in [0.2, 0.25) is 0 Å². The monoisotopic (exact) mass is 555 g/mol.